The van der Waals surface area contributed by atoms with Crippen LogP contribution in [0.5, 0.6) is 0 Å². The third-order valence-corrected chi connectivity index (χ3v) is 7.45. The molecule has 0 rings (SSSR count). The van der Waals surface area contributed by atoms with Gasteiger partial charge in [0.2, 0.25) is 0 Å². The summed E-state index contributed by atoms with van der Waals surface area (Å²) >= 11 is 0. The van der Waals surface area contributed by atoms with E-state index in [1.54, 1.807) is 0 Å². The fourth-order valence-corrected chi connectivity index (χ4v) is 3.82. The van der Waals surface area contributed by atoms with E-state index in [2.05, 4.69) is 0 Å². The monoisotopic (exact) mass is 964 g/mol. The molecular weight excluding hydrogens is 938 g/mol. The van der Waals surface area contributed by atoms with E-state index in [0.717, 1.165) is 0 Å². The molecule has 11 nitrogen and oxygen atoms in total. The van der Waals surface area contributed by atoms with Crippen LogP contribution < -0.4 is 23.9 Å². The molecule has 360 valence electrons. The van der Waals surface area contributed by atoms with Crippen molar-refractivity contribution in [2.45, 2.75) is 103 Å². The third-order valence-electron chi connectivity index (χ3n) is 7.45. The van der Waals surface area contributed by atoms with Gasteiger partial charge in [-0.25, -0.2) is 0 Å². The van der Waals surface area contributed by atoms with Gasteiger partial charge in [-0.3, -0.25) is 19.2 Å². The van der Waals surface area contributed by atoms with E-state index in [9.17, 15) is 125 Å². The van der Waals surface area contributed by atoms with E-state index in [4.69, 9.17) is 35.5 Å². The van der Waals surface area contributed by atoms with Crippen molar-refractivity contribution in [3.05, 3.63) is 0 Å². The van der Waals surface area contributed by atoms with Crippen molar-refractivity contribution in [3.8, 4) is 0 Å². The summed E-state index contributed by atoms with van der Waals surface area (Å²) in [6.45, 7) is 2.09. The van der Waals surface area contributed by atoms with Crippen LogP contribution in [-0.4, -0.2) is 111 Å². The first-order valence-electron chi connectivity index (χ1n) is 14.2. The molecule has 0 radical (unpaired) electrons. The molecule has 0 saturated heterocycles. The Morgan fingerprint density at radius 2 is 0.410 bits per heavy atom. The molecule has 0 spiro atoms. The van der Waals surface area contributed by atoms with Crippen molar-refractivity contribution >= 4 is 31.2 Å². The van der Waals surface area contributed by atoms with Gasteiger partial charge in [0.05, 0.1) is 0 Å². The summed E-state index contributed by atoms with van der Waals surface area (Å²) in [5, 5.41) is 55.0. The second-order valence-corrected chi connectivity index (χ2v) is 10.6. The predicted molar refractivity (Wildman–Crippen MR) is 140 cm³/mol. The fraction of sp³-hybridized carbons (Fsp3) is 0.833. The molecule has 0 saturated carbocycles. The molecule has 6 N–H and O–H groups in total. The van der Waals surface area contributed by atoms with Crippen molar-refractivity contribution in [1.29, 1.82) is 0 Å². The van der Waals surface area contributed by atoms with Crippen LogP contribution in [0.25, 0.3) is 0 Å². The first-order valence-corrected chi connectivity index (χ1v) is 14.2. The second kappa shape index (κ2) is 22.9. The van der Waals surface area contributed by atoms with E-state index in [1.807, 2.05) is 0 Å². The van der Waals surface area contributed by atoms with Gasteiger partial charge in [-0.05, 0) is 25.7 Å². The zero-order valence-electron chi connectivity index (χ0n) is 30.2. The number of carboxylic acids is 4. The Morgan fingerprint density at radius 3 is 0.410 bits per heavy atom. The van der Waals surface area contributed by atoms with Crippen molar-refractivity contribution in [3.63, 3.8) is 0 Å². The molecule has 0 aliphatic carbocycles. The minimum atomic E-state index is -5.86. The molecule has 0 aromatic rings. The van der Waals surface area contributed by atoms with Crippen LogP contribution in [0.15, 0.2) is 0 Å². The average Bonchev–Trinajstić information content (AvgIpc) is 2.89. The largest absolute Gasteiger partial charge is 1.00 e. The Hall–Kier alpha value is -3.26. The zero-order chi connectivity index (χ0) is 50.7. The number of hydrogen-bond acceptors (Lipinski definition) is 7. The maximum absolute atomic E-state index is 12.0. The van der Waals surface area contributed by atoms with Crippen molar-refractivity contribution < 1.29 is 179 Å². The summed E-state index contributed by atoms with van der Waals surface area (Å²) in [5.74, 6) is -11.7. The van der Waals surface area contributed by atoms with Gasteiger partial charge in [0.1, 0.15) is 0 Å². The van der Waals surface area contributed by atoms with E-state index in [0.29, 0.717) is 27.7 Å². The Kier molecular flexibility index (Phi) is 26.1. The number of carboxylic acid groups (broad SMARTS) is 4. The van der Waals surface area contributed by atoms with Gasteiger partial charge in [0.15, 0.2) is 0 Å². The molecule has 0 bridgehead atoms. The number of rotatable bonds is 8. The minimum Gasteiger partial charge on any atom is -0.832 e. The van der Waals surface area contributed by atoms with Crippen LogP contribution in [0.4, 0.5) is 105 Å². The molecule has 0 fully saturated rings. The molecule has 0 aromatic carbocycles. The molecule has 0 amide bonds. The van der Waals surface area contributed by atoms with Crippen LogP contribution in [0, 0.1) is 21.7 Å². The van der Waals surface area contributed by atoms with Gasteiger partial charge >= 0.3 is 99.5 Å². The van der Waals surface area contributed by atoms with Gasteiger partial charge in [-0.2, -0.15) is 105 Å². The number of alkyl halides is 24. The van der Waals surface area contributed by atoms with E-state index in [1.165, 1.54) is 0 Å². The molecule has 61 heavy (non-hydrogen) atoms. The first-order chi connectivity index (χ1) is 25.7. The Bertz CT molecular complexity index is 1120. The van der Waals surface area contributed by atoms with Crippen LogP contribution >= 0.6 is 0 Å². The molecule has 0 aliphatic rings. The van der Waals surface area contributed by atoms with Crippen LogP contribution in [0.2, 0.25) is 0 Å². The zero-order valence-corrected chi connectivity index (χ0v) is 30.2. The molecular formula is C24H26BF24LiO11. The Morgan fingerprint density at radius 1 is 0.344 bits per heavy atom. The SMILES string of the molecule is CCC(C(=O)O)(C(F)(F)F)C(F)(F)F.CCC(C(=O)O)(C(F)(F)F)C(F)(F)F.CCC(C(=O)O)(C(F)(F)F)C(F)(F)F.CCC(C(=O)O)(C(F)(F)F)C(F)(F)F.[Li+].[O-]B(O)O. The smallest absolute Gasteiger partial charge is 0.832 e. The van der Waals surface area contributed by atoms with Gasteiger partial charge in [-0.1, -0.05) is 27.7 Å². The minimum absolute atomic E-state index is 0. The number of hydrogen-bond donors (Lipinski definition) is 6. The summed E-state index contributed by atoms with van der Waals surface area (Å²) < 4.78 is 289. The van der Waals surface area contributed by atoms with Crippen LogP contribution in [-0.2, 0) is 19.2 Å². The number of carbonyl (C=O) groups is 4. The molecule has 0 aliphatic heterocycles. The number of halogens is 24. The molecule has 37 heteroatoms. The van der Waals surface area contributed by atoms with Crippen LogP contribution in [0.3, 0.4) is 0 Å². The third kappa shape index (κ3) is 15.5. The van der Waals surface area contributed by atoms with Gasteiger partial charge < -0.3 is 35.5 Å². The van der Waals surface area contributed by atoms with E-state index in [-0.39, 0.29) is 18.9 Å². The quantitative estimate of drug-likeness (QED) is 0.145. The summed E-state index contributed by atoms with van der Waals surface area (Å²) in [7, 11) is -2.42. The fourth-order valence-electron chi connectivity index (χ4n) is 3.82. The standard InChI is InChI=1S/4C6H6F6O2.BH2O3.Li/c4*1-2-4(3(13)14,5(7,8)9)6(10,11)12;2-1(3)4;/h4*2H2,1H3,(H,13,14);2-3H;/q;;;;-1;+1. The normalized spacial score (nSPS) is 13.5. The maximum Gasteiger partial charge on any atom is 1.00 e. The predicted octanol–water partition coefficient (Wildman–Crippen LogP) is 4.69. The molecule has 0 atom stereocenters. The summed E-state index contributed by atoms with van der Waals surface area (Å²) in [4.78, 5) is 40.4. The van der Waals surface area contributed by atoms with Crippen molar-refractivity contribution in [2.75, 3.05) is 0 Å². The van der Waals surface area contributed by atoms with Gasteiger partial charge in [0, 0.05) is 0 Å². The maximum atomic E-state index is 12.0. The molecule has 0 heterocycles. The second-order valence-electron chi connectivity index (χ2n) is 10.6. The topological polar surface area (TPSA) is 213 Å². The number of aliphatic carboxylic acids is 4. The van der Waals surface area contributed by atoms with Crippen molar-refractivity contribution in [1.82, 2.24) is 0 Å². The molecule has 0 aromatic heterocycles. The van der Waals surface area contributed by atoms with Crippen LogP contribution in [0.1, 0.15) is 53.4 Å². The van der Waals surface area contributed by atoms with Crippen molar-refractivity contribution in [2.24, 2.45) is 21.7 Å². The Balaban J connectivity index is -0.000000159. The molecule has 0 unspecified atom stereocenters. The summed E-state index contributed by atoms with van der Waals surface area (Å²) in [5.41, 5.74) is -18.7. The first kappa shape index (κ1) is 69.4. The van der Waals surface area contributed by atoms with Gasteiger partial charge in [0.25, 0.3) is 21.7 Å². The van der Waals surface area contributed by atoms with E-state index >= 15 is 0 Å². The summed E-state index contributed by atoms with van der Waals surface area (Å²) in [6.07, 6.45) is -53.2. The average molecular weight is 964 g/mol. The summed E-state index contributed by atoms with van der Waals surface area (Å²) in [6, 6.07) is 0. The van der Waals surface area contributed by atoms with E-state index < -0.39 is 128 Å². The Labute approximate surface area is 335 Å². The van der Waals surface area contributed by atoms with Gasteiger partial charge in [-0.15, -0.1) is 0 Å².